The molecule has 3 rings (SSSR count). The Labute approximate surface area is 232 Å². The van der Waals surface area contributed by atoms with E-state index in [2.05, 4.69) is 41.1 Å². The second kappa shape index (κ2) is 15.3. The Morgan fingerprint density at radius 2 is 2.00 bits per heavy atom. The highest BCUT2D eigenvalue weighted by molar-refractivity contribution is 5.73. The molecule has 0 aliphatic carbocycles. The van der Waals surface area contributed by atoms with Crippen LogP contribution in [-0.4, -0.2) is 101 Å². The van der Waals surface area contributed by atoms with Gasteiger partial charge in [-0.3, -0.25) is 14.8 Å². The summed E-state index contributed by atoms with van der Waals surface area (Å²) in [6.07, 6.45) is 0.363. The molecular formula is C29H46N4O6. The zero-order valence-corrected chi connectivity index (χ0v) is 24.0. The van der Waals surface area contributed by atoms with E-state index in [1.165, 1.54) is 14.0 Å². The van der Waals surface area contributed by atoms with Crippen molar-refractivity contribution >= 4 is 5.91 Å². The number of aromatic nitrogens is 2. The van der Waals surface area contributed by atoms with Crippen molar-refractivity contribution in [2.45, 2.75) is 64.5 Å². The number of aromatic amines is 1. The number of hydrogen-bond donors (Lipinski definition) is 3. The van der Waals surface area contributed by atoms with Crippen molar-refractivity contribution < 1.29 is 29.2 Å². The average Bonchev–Trinajstić information content (AvgIpc) is 3.43. The third-order valence-electron chi connectivity index (χ3n) is 7.65. The first-order chi connectivity index (χ1) is 18.7. The molecule has 1 amide bonds. The number of ether oxygens (including phenoxy) is 3. The van der Waals surface area contributed by atoms with Gasteiger partial charge in [0.15, 0.2) is 0 Å². The van der Waals surface area contributed by atoms with E-state index in [1.807, 2.05) is 18.2 Å². The largest absolute Gasteiger partial charge is 0.497 e. The zero-order chi connectivity index (χ0) is 28.4. The molecule has 10 heteroatoms. The SMILES string of the molecule is COc1cccc([C@@H]2[C@@H](C(C)C)CN(C(C)=O)C[C@H](OC)[C@@H](O)[C@@H](O)COCCCCN2Cc2ccn[nH]2)c1. The van der Waals surface area contributed by atoms with Crippen molar-refractivity contribution in [2.75, 3.05) is 47.1 Å². The summed E-state index contributed by atoms with van der Waals surface area (Å²) in [5.74, 6) is 0.906. The summed E-state index contributed by atoms with van der Waals surface area (Å²) in [7, 11) is 3.15. The topological polar surface area (TPSA) is 120 Å². The van der Waals surface area contributed by atoms with Crippen LogP contribution in [0.2, 0.25) is 0 Å². The Morgan fingerprint density at radius 3 is 2.64 bits per heavy atom. The fraction of sp³-hybridized carbons (Fsp3) is 0.655. The van der Waals surface area contributed by atoms with Gasteiger partial charge in [0.1, 0.15) is 24.1 Å². The van der Waals surface area contributed by atoms with Crippen LogP contribution in [-0.2, 0) is 20.8 Å². The van der Waals surface area contributed by atoms with Crippen LogP contribution in [0, 0.1) is 11.8 Å². The van der Waals surface area contributed by atoms with Crippen LogP contribution in [0.3, 0.4) is 0 Å². The highest BCUT2D eigenvalue weighted by Gasteiger charge is 2.36. The Balaban J connectivity index is 2.08. The second-order valence-corrected chi connectivity index (χ2v) is 10.7. The average molecular weight is 547 g/mol. The van der Waals surface area contributed by atoms with Crippen molar-refractivity contribution in [3.8, 4) is 5.75 Å². The van der Waals surface area contributed by atoms with Crippen LogP contribution in [0.15, 0.2) is 36.5 Å². The maximum atomic E-state index is 12.9. The highest BCUT2D eigenvalue weighted by atomic mass is 16.5. The lowest BCUT2D eigenvalue weighted by atomic mass is 9.82. The molecule has 0 unspecified atom stereocenters. The number of hydrogen-bond acceptors (Lipinski definition) is 8. The molecule has 1 aromatic carbocycles. The summed E-state index contributed by atoms with van der Waals surface area (Å²) in [6, 6.07) is 10.1. The van der Waals surface area contributed by atoms with Gasteiger partial charge in [-0.2, -0.15) is 5.10 Å². The molecule has 39 heavy (non-hydrogen) atoms. The van der Waals surface area contributed by atoms with E-state index in [9.17, 15) is 15.0 Å². The lowest BCUT2D eigenvalue weighted by molar-refractivity contribution is -0.138. The van der Waals surface area contributed by atoms with Crippen LogP contribution in [0.25, 0.3) is 0 Å². The molecule has 1 aromatic heterocycles. The number of carbonyl (C=O) groups is 1. The number of amides is 1. The first-order valence-electron chi connectivity index (χ1n) is 13.8. The van der Waals surface area contributed by atoms with Gasteiger partial charge >= 0.3 is 0 Å². The predicted molar refractivity (Wildman–Crippen MR) is 148 cm³/mol. The zero-order valence-electron chi connectivity index (χ0n) is 24.0. The molecular weight excluding hydrogens is 500 g/mol. The number of carbonyl (C=O) groups excluding carboxylic acids is 1. The van der Waals surface area contributed by atoms with Gasteiger partial charge in [-0.25, -0.2) is 0 Å². The molecule has 1 aliphatic rings. The van der Waals surface area contributed by atoms with Crippen molar-refractivity contribution in [2.24, 2.45) is 11.8 Å². The fourth-order valence-corrected chi connectivity index (χ4v) is 5.33. The molecule has 1 fully saturated rings. The number of aliphatic hydroxyl groups excluding tert-OH is 2. The smallest absolute Gasteiger partial charge is 0.219 e. The summed E-state index contributed by atoms with van der Waals surface area (Å²) in [6.45, 7) is 8.41. The molecule has 218 valence electrons. The maximum absolute atomic E-state index is 12.9. The number of rotatable bonds is 6. The molecule has 10 nitrogen and oxygen atoms in total. The van der Waals surface area contributed by atoms with Crippen LogP contribution in [0.1, 0.15) is 50.9 Å². The monoisotopic (exact) mass is 546 g/mol. The molecule has 3 N–H and O–H groups in total. The summed E-state index contributed by atoms with van der Waals surface area (Å²) in [5.41, 5.74) is 2.11. The van der Waals surface area contributed by atoms with Gasteiger partial charge in [-0.15, -0.1) is 0 Å². The Hall–Kier alpha value is -2.50. The van der Waals surface area contributed by atoms with Crippen LogP contribution in [0.5, 0.6) is 5.75 Å². The Kier molecular flexibility index (Phi) is 12.2. The first kappa shape index (κ1) is 31.0. The van der Waals surface area contributed by atoms with E-state index in [-0.39, 0.29) is 36.9 Å². The standard InChI is InChI=1S/C29H46N4O6/c1-20(2)25-17-33(21(3)34)18-27(38-5)29(36)26(35)19-39-14-7-6-13-32(16-23-11-12-30-31-23)28(25)22-9-8-10-24(15-22)37-4/h8-12,15,20,25-29,35-36H,6-7,13-14,16-19H2,1-5H3,(H,30,31)/t25-,26+,27+,28-,29+/m1/s1. The minimum absolute atomic E-state index is 0.0000111. The molecule has 1 saturated heterocycles. The van der Waals surface area contributed by atoms with E-state index in [0.29, 0.717) is 19.7 Å². The minimum Gasteiger partial charge on any atom is -0.497 e. The van der Waals surface area contributed by atoms with E-state index < -0.39 is 18.3 Å². The maximum Gasteiger partial charge on any atom is 0.219 e. The van der Waals surface area contributed by atoms with Crippen molar-refractivity contribution in [1.82, 2.24) is 20.0 Å². The van der Waals surface area contributed by atoms with Crippen LogP contribution >= 0.6 is 0 Å². The molecule has 0 saturated carbocycles. The molecule has 0 radical (unpaired) electrons. The van der Waals surface area contributed by atoms with Crippen LogP contribution < -0.4 is 4.74 Å². The minimum atomic E-state index is -1.19. The molecule has 0 bridgehead atoms. The third kappa shape index (κ3) is 8.74. The van der Waals surface area contributed by atoms with Gasteiger partial charge in [0.2, 0.25) is 5.91 Å². The molecule has 2 heterocycles. The van der Waals surface area contributed by atoms with Crippen molar-refractivity contribution in [1.29, 1.82) is 0 Å². The predicted octanol–water partition coefficient (Wildman–Crippen LogP) is 2.63. The Bertz CT molecular complexity index is 988. The van der Waals surface area contributed by atoms with Crippen molar-refractivity contribution in [3.05, 3.63) is 47.8 Å². The van der Waals surface area contributed by atoms with Gasteiger partial charge in [0.05, 0.1) is 13.7 Å². The highest BCUT2D eigenvalue weighted by Crippen LogP contribution is 2.37. The summed E-state index contributed by atoms with van der Waals surface area (Å²) in [4.78, 5) is 17.1. The van der Waals surface area contributed by atoms with E-state index in [4.69, 9.17) is 14.2 Å². The van der Waals surface area contributed by atoms with E-state index in [1.54, 1.807) is 18.2 Å². The van der Waals surface area contributed by atoms with Gasteiger partial charge in [-0.1, -0.05) is 26.0 Å². The van der Waals surface area contributed by atoms with Crippen molar-refractivity contribution in [3.63, 3.8) is 0 Å². The van der Waals surface area contributed by atoms with Gasteiger partial charge in [0, 0.05) is 58.2 Å². The van der Waals surface area contributed by atoms with Gasteiger partial charge in [-0.05, 0) is 55.0 Å². The number of nitrogens with zero attached hydrogens (tertiary/aromatic N) is 3. The quantitative estimate of drug-likeness (QED) is 0.506. The van der Waals surface area contributed by atoms with E-state index >= 15 is 0 Å². The number of aliphatic hydroxyl groups is 2. The third-order valence-corrected chi connectivity index (χ3v) is 7.65. The molecule has 0 spiro atoms. The first-order valence-corrected chi connectivity index (χ1v) is 13.8. The number of methoxy groups -OCH3 is 2. The number of nitrogens with one attached hydrogen (secondary N) is 1. The number of H-pyrrole nitrogens is 1. The lowest BCUT2D eigenvalue weighted by Gasteiger charge is -2.42. The van der Waals surface area contributed by atoms with E-state index in [0.717, 1.165) is 36.4 Å². The van der Waals surface area contributed by atoms with Crippen LogP contribution in [0.4, 0.5) is 0 Å². The summed E-state index contributed by atoms with van der Waals surface area (Å²) < 4.78 is 16.9. The second-order valence-electron chi connectivity index (χ2n) is 10.7. The summed E-state index contributed by atoms with van der Waals surface area (Å²) >= 11 is 0. The molecule has 5 atom stereocenters. The fourth-order valence-electron chi connectivity index (χ4n) is 5.33. The normalized spacial score (nSPS) is 26.7. The number of benzene rings is 1. The summed E-state index contributed by atoms with van der Waals surface area (Å²) in [5, 5.41) is 28.6. The van der Waals surface area contributed by atoms with Gasteiger partial charge in [0.25, 0.3) is 0 Å². The molecule has 1 aliphatic heterocycles. The lowest BCUT2D eigenvalue weighted by Crippen LogP contribution is -2.50. The van der Waals surface area contributed by atoms with Gasteiger partial charge < -0.3 is 29.3 Å². The Morgan fingerprint density at radius 1 is 1.21 bits per heavy atom. The molecule has 2 aromatic rings.